The molecule has 0 aliphatic rings. The zero-order valence-electron chi connectivity index (χ0n) is 17.4. The van der Waals surface area contributed by atoms with Gasteiger partial charge < -0.3 is 5.32 Å². The number of hydrogen-bond donors (Lipinski definition) is 1. The van der Waals surface area contributed by atoms with Gasteiger partial charge in [0.25, 0.3) is 5.56 Å². The predicted octanol–water partition coefficient (Wildman–Crippen LogP) is 3.87. The molecule has 0 fully saturated rings. The van der Waals surface area contributed by atoms with E-state index in [0.29, 0.717) is 34.0 Å². The molecule has 1 N–H and O–H groups in total. The summed E-state index contributed by atoms with van der Waals surface area (Å²) in [6.07, 6.45) is 1.18. The van der Waals surface area contributed by atoms with Crippen molar-refractivity contribution in [2.45, 2.75) is 44.4 Å². The molecule has 1 aromatic heterocycles. The average molecular weight is 458 g/mol. The van der Waals surface area contributed by atoms with Gasteiger partial charge in [-0.05, 0) is 43.5 Å². The van der Waals surface area contributed by atoms with Crippen LogP contribution in [0.4, 0.5) is 0 Å². The Hall–Kier alpha value is -2.64. The molecule has 8 heteroatoms. The largest absolute Gasteiger partial charge is 0.345 e. The summed E-state index contributed by atoms with van der Waals surface area (Å²) in [5.41, 5.74) is 1.32. The maximum Gasteiger partial charge on any atom is 0.262 e. The Morgan fingerprint density at radius 2 is 1.94 bits per heavy atom. The molecule has 3 rings (SSSR count). The molecule has 0 radical (unpaired) electrons. The molecule has 3 aromatic rings. The molecule has 162 valence electrons. The minimum absolute atomic E-state index is 0.0425. The molecule has 31 heavy (non-hydrogen) atoms. The summed E-state index contributed by atoms with van der Waals surface area (Å²) in [5, 5.41) is 4.24. The topological polar surface area (TPSA) is 81.1 Å². The predicted molar refractivity (Wildman–Crippen MR) is 125 cm³/mol. The SMILES string of the molecule is CCCn1c(SCC(=O)NC(Cc2ccccc2)C(C)=O)nc2cc(Cl)ccc2c1=O. The van der Waals surface area contributed by atoms with Crippen LogP contribution in [0.2, 0.25) is 5.02 Å². The molecule has 1 amide bonds. The third-order valence-electron chi connectivity index (χ3n) is 4.77. The van der Waals surface area contributed by atoms with Crippen molar-refractivity contribution in [3.05, 3.63) is 69.5 Å². The maximum absolute atomic E-state index is 12.9. The summed E-state index contributed by atoms with van der Waals surface area (Å²) in [6.45, 7) is 3.94. The monoisotopic (exact) mass is 457 g/mol. The molecule has 0 spiro atoms. The Morgan fingerprint density at radius 3 is 2.61 bits per heavy atom. The van der Waals surface area contributed by atoms with Crippen LogP contribution >= 0.6 is 23.4 Å². The summed E-state index contributed by atoms with van der Waals surface area (Å²) in [6, 6.07) is 13.9. The van der Waals surface area contributed by atoms with Crippen molar-refractivity contribution in [1.29, 1.82) is 0 Å². The van der Waals surface area contributed by atoms with E-state index in [1.807, 2.05) is 37.3 Å². The first-order valence-corrected chi connectivity index (χ1v) is 11.4. The highest BCUT2D eigenvalue weighted by Gasteiger charge is 2.19. The molecule has 0 aliphatic carbocycles. The number of nitrogens with one attached hydrogen (secondary N) is 1. The molecule has 1 unspecified atom stereocenters. The van der Waals surface area contributed by atoms with Gasteiger partial charge in [0.1, 0.15) is 0 Å². The number of carbonyl (C=O) groups is 2. The summed E-state index contributed by atoms with van der Waals surface area (Å²) >= 11 is 7.23. The van der Waals surface area contributed by atoms with E-state index in [-0.39, 0.29) is 23.0 Å². The second kappa shape index (κ2) is 10.6. The van der Waals surface area contributed by atoms with Crippen LogP contribution in [-0.4, -0.2) is 33.0 Å². The number of aromatic nitrogens is 2. The van der Waals surface area contributed by atoms with Gasteiger partial charge in [0.15, 0.2) is 10.9 Å². The van der Waals surface area contributed by atoms with Gasteiger partial charge in [-0.25, -0.2) is 4.98 Å². The van der Waals surface area contributed by atoms with Crippen LogP contribution in [0.5, 0.6) is 0 Å². The molecule has 0 saturated carbocycles. The van der Waals surface area contributed by atoms with Gasteiger partial charge in [0.2, 0.25) is 5.91 Å². The Labute approximate surface area is 190 Å². The van der Waals surface area contributed by atoms with Crippen LogP contribution in [0.15, 0.2) is 58.5 Å². The van der Waals surface area contributed by atoms with E-state index in [1.165, 1.54) is 18.7 Å². The molecular weight excluding hydrogens is 434 g/mol. The van der Waals surface area contributed by atoms with Gasteiger partial charge in [-0.1, -0.05) is 60.6 Å². The number of rotatable bonds is 9. The van der Waals surface area contributed by atoms with E-state index >= 15 is 0 Å². The number of fused-ring (bicyclic) bond motifs is 1. The van der Waals surface area contributed by atoms with Crippen molar-refractivity contribution in [1.82, 2.24) is 14.9 Å². The summed E-state index contributed by atoms with van der Waals surface area (Å²) < 4.78 is 1.58. The molecule has 6 nitrogen and oxygen atoms in total. The van der Waals surface area contributed by atoms with Gasteiger partial charge in [-0.15, -0.1) is 0 Å². The van der Waals surface area contributed by atoms with E-state index < -0.39 is 6.04 Å². The highest BCUT2D eigenvalue weighted by atomic mass is 35.5. The summed E-state index contributed by atoms with van der Waals surface area (Å²) in [4.78, 5) is 42.1. The molecule has 1 atom stereocenters. The number of ketones is 1. The van der Waals surface area contributed by atoms with Gasteiger partial charge in [0, 0.05) is 11.6 Å². The van der Waals surface area contributed by atoms with Crippen molar-refractivity contribution in [2.24, 2.45) is 0 Å². The smallest absolute Gasteiger partial charge is 0.262 e. The lowest BCUT2D eigenvalue weighted by Crippen LogP contribution is -2.42. The van der Waals surface area contributed by atoms with E-state index in [4.69, 9.17) is 11.6 Å². The minimum atomic E-state index is -0.600. The first kappa shape index (κ1) is 23.0. The van der Waals surface area contributed by atoms with Crippen LogP contribution in [-0.2, 0) is 22.6 Å². The first-order valence-electron chi connectivity index (χ1n) is 10.1. The van der Waals surface area contributed by atoms with Crippen molar-refractivity contribution in [3.8, 4) is 0 Å². The van der Waals surface area contributed by atoms with Gasteiger partial charge in [-0.2, -0.15) is 0 Å². The zero-order chi connectivity index (χ0) is 22.4. The Morgan fingerprint density at radius 1 is 1.19 bits per heavy atom. The molecule has 1 heterocycles. The number of benzene rings is 2. The molecule has 0 aliphatic heterocycles. The standard InChI is InChI=1S/C23H24ClN3O3S/c1-3-11-27-22(30)18-10-9-17(24)13-20(18)26-23(27)31-14-21(29)25-19(15(2)28)12-16-7-5-4-6-8-16/h4-10,13,19H,3,11-12,14H2,1-2H3,(H,25,29). The first-order chi connectivity index (χ1) is 14.9. The van der Waals surface area contributed by atoms with Crippen molar-refractivity contribution in [2.75, 3.05) is 5.75 Å². The normalized spacial score (nSPS) is 12.0. The van der Waals surface area contributed by atoms with Crippen LogP contribution in [0.3, 0.4) is 0 Å². The number of amides is 1. The third kappa shape index (κ3) is 5.95. The van der Waals surface area contributed by atoms with Gasteiger partial charge >= 0.3 is 0 Å². The van der Waals surface area contributed by atoms with Crippen molar-refractivity contribution < 1.29 is 9.59 Å². The fourth-order valence-electron chi connectivity index (χ4n) is 3.22. The fourth-order valence-corrected chi connectivity index (χ4v) is 4.22. The zero-order valence-corrected chi connectivity index (χ0v) is 19.0. The fraction of sp³-hybridized carbons (Fsp3) is 0.304. The van der Waals surface area contributed by atoms with Crippen LogP contribution in [0, 0.1) is 0 Å². The van der Waals surface area contributed by atoms with E-state index in [2.05, 4.69) is 10.3 Å². The molecule has 0 bridgehead atoms. The van der Waals surface area contributed by atoms with Gasteiger partial charge in [-0.3, -0.25) is 19.0 Å². The Balaban J connectivity index is 1.76. The second-order valence-corrected chi connectivity index (χ2v) is 8.60. The number of Topliss-reactive ketones (excluding diaryl/α,β-unsaturated/α-hetero) is 1. The van der Waals surface area contributed by atoms with E-state index in [0.717, 1.165) is 12.0 Å². The Kier molecular flexibility index (Phi) is 7.87. The molecule has 0 saturated heterocycles. The lowest BCUT2D eigenvalue weighted by Gasteiger charge is -2.17. The highest BCUT2D eigenvalue weighted by Crippen LogP contribution is 2.20. The van der Waals surface area contributed by atoms with Gasteiger partial charge in [0.05, 0.1) is 22.7 Å². The average Bonchev–Trinajstić information content (AvgIpc) is 2.74. The summed E-state index contributed by atoms with van der Waals surface area (Å²) in [5.74, 6) is -0.353. The number of halogens is 1. The van der Waals surface area contributed by atoms with Crippen molar-refractivity contribution >= 4 is 46.0 Å². The molecule has 2 aromatic carbocycles. The van der Waals surface area contributed by atoms with Crippen LogP contribution < -0.4 is 10.9 Å². The highest BCUT2D eigenvalue weighted by molar-refractivity contribution is 7.99. The number of nitrogens with zero attached hydrogens (tertiary/aromatic N) is 2. The van der Waals surface area contributed by atoms with E-state index in [1.54, 1.807) is 22.8 Å². The lowest BCUT2D eigenvalue weighted by molar-refractivity contribution is -0.125. The number of hydrogen-bond acceptors (Lipinski definition) is 5. The van der Waals surface area contributed by atoms with Crippen LogP contribution in [0.1, 0.15) is 25.8 Å². The number of thioether (sulfide) groups is 1. The van der Waals surface area contributed by atoms with Crippen molar-refractivity contribution in [3.63, 3.8) is 0 Å². The number of carbonyl (C=O) groups excluding carboxylic acids is 2. The maximum atomic E-state index is 12.9. The van der Waals surface area contributed by atoms with Crippen LogP contribution in [0.25, 0.3) is 10.9 Å². The third-order valence-corrected chi connectivity index (χ3v) is 5.98. The lowest BCUT2D eigenvalue weighted by atomic mass is 10.0. The minimum Gasteiger partial charge on any atom is -0.345 e. The summed E-state index contributed by atoms with van der Waals surface area (Å²) in [7, 11) is 0. The molecular formula is C23H24ClN3O3S. The second-order valence-electron chi connectivity index (χ2n) is 7.22. The Bertz CT molecular complexity index is 1150. The van der Waals surface area contributed by atoms with E-state index in [9.17, 15) is 14.4 Å². The quantitative estimate of drug-likeness (QED) is 0.389.